The van der Waals surface area contributed by atoms with Gasteiger partial charge in [-0.05, 0) is 12.1 Å². The fourth-order valence-electron chi connectivity index (χ4n) is 1.05. The first-order valence-corrected chi connectivity index (χ1v) is 4.25. The lowest BCUT2D eigenvalue weighted by atomic mass is 10.2. The molecule has 0 radical (unpaired) electrons. The molecule has 0 bridgehead atoms. The van der Waals surface area contributed by atoms with Crippen LogP contribution in [0.15, 0.2) is 18.2 Å². The average Bonchev–Trinajstić information content (AvgIpc) is 2.16. The van der Waals surface area contributed by atoms with E-state index in [0.717, 1.165) is 5.69 Å². The van der Waals surface area contributed by atoms with Gasteiger partial charge in [0, 0.05) is 18.7 Å². The molecule has 14 heavy (non-hydrogen) atoms. The molecule has 0 aliphatic carbocycles. The predicted octanol–water partition coefficient (Wildman–Crippen LogP) is 0.384. The molecule has 0 aliphatic rings. The van der Waals surface area contributed by atoms with Crippen molar-refractivity contribution in [2.45, 2.75) is 13.0 Å². The fraction of sp³-hybridized carbons (Fsp3) is 0.333. The van der Waals surface area contributed by atoms with Gasteiger partial charge in [0.25, 0.3) is 0 Å². The lowest BCUT2D eigenvalue weighted by Crippen LogP contribution is -2.20. The molecule has 1 amide bonds. The van der Waals surface area contributed by atoms with Crippen molar-refractivity contribution in [2.24, 2.45) is 0 Å². The Kier molecular flexibility index (Phi) is 3.87. The van der Waals surface area contributed by atoms with Crippen LogP contribution >= 0.6 is 0 Å². The second kappa shape index (κ2) is 5.18. The van der Waals surface area contributed by atoms with E-state index in [4.69, 9.17) is 10.2 Å². The zero-order valence-corrected chi connectivity index (χ0v) is 7.60. The maximum atomic E-state index is 10.2. The summed E-state index contributed by atoms with van der Waals surface area (Å²) in [7, 11) is 0. The standard InChI is InChI=1S/C9H12N2O3/c12-5-4-7-2-1-3-8(11-7)6-10-9(13)14/h1-3,10,12H,4-6H2,(H,13,14). The van der Waals surface area contributed by atoms with E-state index in [-0.39, 0.29) is 13.2 Å². The summed E-state index contributed by atoms with van der Waals surface area (Å²) in [5.41, 5.74) is 1.41. The molecule has 1 aromatic rings. The first-order chi connectivity index (χ1) is 6.72. The Bertz CT molecular complexity index is 315. The number of amides is 1. The van der Waals surface area contributed by atoms with Gasteiger partial charge in [0.05, 0.1) is 12.2 Å². The van der Waals surface area contributed by atoms with E-state index in [1.807, 2.05) is 0 Å². The van der Waals surface area contributed by atoms with Gasteiger partial charge in [-0.15, -0.1) is 0 Å². The highest BCUT2D eigenvalue weighted by atomic mass is 16.4. The number of pyridine rings is 1. The van der Waals surface area contributed by atoms with Crippen LogP contribution in [0.1, 0.15) is 11.4 Å². The van der Waals surface area contributed by atoms with Gasteiger partial charge >= 0.3 is 6.09 Å². The van der Waals surface area contributed by atoms with Crippen LogP contribution in [-0.4, -0.2) is 27.9 Å². The second-order valence-electron chi connectivity index (χ2n) is 2.75. The molecule has 0 unspecified atom stereocenters. The summed E-state index contributed by atoms with van der Waals surface area (Å²) in [6.07, 6.45) is -0.583. The van der Waals surface area contributed by atoms with Crippen molar-refractivity contribution in [1.29, 1.82) is 0 Å². The van der Waals surface area contributed by atoms with Gasteiger partial charge in [-0.2, -0.15) is 0 Å². The summed E-state index contributed by atoms with van der Waals surface area (Å²) >= 11 is 0. The van der Waals surface area contributed by atoms with Crippen molar-refractivity contribution in [3.8, 4) is 0 Å². The van der Waals surface area contributed by atoms with E-state index >= 15 is 0 Å². The molecule has 0 spiro atoms. The van der Waals surface area contributed by atoms with E-state index < -0.39 is 6.09 Å². The largest absolute Gasteiger partial charge is 0.465 e. The zero-order valence-electron chi connectivity index (χ0n) is 7.60. The molecule has 0 aliphatic heterocycles. The first kappa shape index (κ1) is 10.5. The minimum atomic E-state index is -1.07. The van der Waals surface area contributed by atoms with Crippen LogP contribution in [0, 0.1) is 0 Å². The van der Waals surface area contributed by atoms with E-state index in [0.29, 0.717) is 12.1 Å². The number of hydrogen-bond acceptors (Lipinski definition) is 3. The molecule has 1 heterocycles. The summed E-state index contributed by atoms with van der Waals surface area (Å²) in [4.78, 5) is 14.4. The smallest absolute Gasteiger partial charge is 0.404 e. The maximum Gasteiger partial charge on any atom is 0.404 e. The van der Waals surface area contributed by atoms with Gasteiger partial charge in [0.1, 0.15) is 0 Å². The SMILES string of the molecule is O=C(O)NCc1cccc(CCO)n1. The van der Waals surface area contributed by atoms with Crippen molar-refractivity contribution in [2.75, 3.05) is 6.61 Å². The number of carbonyl (C=O) groups is 1. The van der Waals surface area contributed by atoms with Crippen molar-refractivity contribution in [3.05, 3.63) is 29.6 Å². The molecular weight excluding hydrogens is 184 g/mol. The Hall–Kier alpha value is -1.62. The minimum Gasteiger partial charge on any atom is -0.465 e. The molecule has 0 atom stereocenters. The van der Waals surface area contributed by atoms with E-state index in [1.165, 1.54) is 0 Å². The Labute approximate surface area is 81.4 Å². The maximum absolute atomic E-state index is 10.2. The number of carboxylic acid groups (broad SMARTS) is 1. The molecule has 5 nitrogen and oxygen atoms in total. The van der Waals surface area contributed by atoms with Crippen LogP contribution < -0.4 is 5.32 Å². The molecule has 0 saturated heterocycles. The molecule has 3 N–H and O–H groups in total. The number of aromatic nitrogens is 1. The molecule has 0 saturated carbocycles. The van der Waals surface area contributed by atoms with Gasteiger partial charge in [0.2, 0.25) is 0 Å². The molecule has 1 rings (SSSR count). The molecule has 76 valence electrons. The topological polar surface area (TPSA) is 82.5 Å². The van der Waals surface area contributed by atoms with Crippen molar-refractivity contribution >= 4 is 6.09 Å². The Morgan fingerprint density at radius 2 is 2.14 bits per heavy atom. The zero-order chi connectivity index (χ0) is 10.4. The Morgan fingerprint density at radius 1 is 1.43 bits per heavy atom. The highest BCUT2D eigenvalue weighted by Crippen LogP contribution is 1.99. The van der Waals surface area contributed by atoms with Gasteiger partial charge < -0.3 is 15.5 Å². The molecule has 5 heteroatoms. The molecule has 0 fully saturated rings. The van der Waals surface area contributed by atoms with E-state index in [2.05, 4.69) is 10.3 Å². The van der Waals surface area contributed by atoms with Gasteiger partial charge in [-0.3, -0.25) is 4.98 Å². The number of hydrogen-bond donors (Lipinski definition) is 3. The van der Waals surface area contributed by atoms with E-state index in [9.17, 15) is 4.79 Å². The van der Waals surface area contributed by atoms with Gasteiger partial charge in [-0.25, -0.2) is 4.79 Å². The monoisotopic (exact) mass is 196 g/mol. The number of aliphatic hydroxyl groups excluding tert-OH is 1. The third kappa shape index (κ3) is 3.40. The number of aliphatic hydroxyl groups is 1. The van der Waals surface area contributed by atoms with Crippen molar-refractivity contribution < 1.29 is 15.0 Å². The van der Waals surface area contributed by atoms with Crippen LogP contribution in [0.3, 0.4) is 0 Å². The van der Waals surface area contributed by atoms with Crippen molar-refractivity contribution in [3.63, 3.8) is 0 Å². The third-order valence-corrected chi connectivity index (χ3v) is 1.65. The molecule has 1 aromatic heterocycles. The lowest BCUT2D eigenvalue weighted by Gasteiger charge is -2.02. The van der Waals surface area contributed by atoms with Crippen LogP contribution in [0.25, 0.3) is 0 Å². The fourth-order valence-corrected chi connectivity index (χ4v) is 1.05. The summed E-state index contributed by atoms with van der Waals surface area (Å²) in [5.74, 6) is 0. The number of rotatable bonds is 4. The van der Waals surface area contributed by atoms with Crippen LogP contribution in [0.5, 0.6) is 0 Å². The lowest BCUT2D eigenvalue weighted by molar-refractivity contribution is 0.194. The second-order valence-corrected chi connectivity index (χ2v) is 2.75. The highest BCUT2D eigenvalue weighted by molar-refractivity contribution is 5.64. The normalized spacial score (nSPS) is 9.79. The summed E-state index contributed by atoms with van der Waals surface area (Å²) in [6, 6.07) is 5.31. The first-order valence-electron chi connectivity index (χ1n) is 4.25. The van der Waals surface area contributed by atoms with E-state index in [1.54, 1.807) is 18.2 Å². The number of nitrogens with zero attached hydrogens (tertiary/aromatic N) is 1. The number of nitrogens with one attached hydrogen (secondary N) is 1. The summed E-state index contributed by atoms with van der Waals surface area (Å²) in [6.45, 7) is 0.234. The van der Waals surface area contributed by atoms with Gasteiger partial charge in [-0.1, -0.05) is 6.07 Å². The summed E-state index contributed by atoms with van der Waals surface area (Å²) in [5, 5.41) is 19.3. The predicted molar refractivity (Wildman–Crippen MR) is 49.9 cm³/mol. The Balaban J connectivity index is 2.58. The third-order valence-electron chi connectivity index (χ3n) is 1.65. The van der Waals surface area contributed by atoms with Crippen LogP contribution in [0.2, 0.25) is 0 Å². The highest BCUT2D eigenvalue weighted by Gasteiger charge is 1.99. The van der Waals surface area contributed by atoms with Crippen LogP contribution in [-0.2, 0) is 13.0 Å². The van der Waals surface area contributed by atoms with Crippen molar-refractivity contribution in [1.82, 2.24) is 10.3 Å². The quantitative estimate of drug-likeness (QED) is 0.650. The van der Waals surface area contributed by atoms with Crippen LogP contribution in [0.4, 0.5) is 4.79 Å². The van der Waals surface area contributed by atoms with Gasteiger partial charge in [0.15, 0.2) is 0 Å². The summed E-state index contributed by atoms with van der Waals surface area (Å²) < 4.78 is 0. The Morgan fingerprint density at radius 3 is 2.79 bits per heavy atom. The minimum absolute atomic E-state index is 0.0445. The molecular formula is C9H12N2O3. The molecule has 0 aromatic carbocycles. The average molecular weight is 196 g/mol.